The van der Waals surface area contributed by atoms with Gasteiger partial charge in [-0.05, 0) is 61.9 Å². The fraction of sp³-hybridized carbons (Fsp3) is 0.409. The van der Waals surface area contributed by atoms with Crippen molar-refractivity contribution >= 4 is 29.3 Å². The minimum atomic E-state index is -4.54. The van der Waals surface area contributed by atoms with Gasteiger partial charge in [-0.25, -0.2) is 9.78 Å². The van der Waals surface area contributed by atoms with Crippen LogP contribution < -0.4 is 10.6 Å². The van der Waals surface area contributed by atoms with Crippen molar-refractivity contribution in [3.05, 3.63) is 58.2 Å². The maximum absolute atomic E-state index is 12.9. The number of hydrogen-bond donors (Lipinski definition) is 2. The summed E-state index contributed by atoms with van der Waals surface area (Å²) >= 11 is 5.95. The third kappa shape index (κ3) is 6.12. The summed E-state index contributed by atoms with van der Waals surface area (Å²) in [7, 11) is 1.31. The van der Waals surface area contributed by atoms with E-state index in [0.717, 1.165) is 31.0 Å². The number of nitrogens with zero attached hydrogens (tertiary/aromatic N) is 1. The number of carbonyl (C=O) groups is 2. The number of alkyl halides is 3. The normalized spacial score (nSPS) is 18.7. The quantitative estimate of drug-likeness (QED) is 0.586. The summed E-state index contributed by atoms with van der Waals surface area (Å²) in [5, 5.41) is 6.02. The topological polar surface area (TPSA) is 80.3 Å². The number of methoxy groups -OCH3 is 1. The number of amides is 1. The highest BCUT2D eigenvalue weighted by Crippen LogP contribution is 2.32. The predicted octanol–water partition coefficient (Wildman–Crippen LogP) is 4.94. The second-order valence-corrected chi connectivity index (χ2v) is 8.10. The molecule has 0 radical (unpaired) electrons. The van der Waals surface area contributed by atoms with E-state index in [1.165, 1.54) is 13.3 Å². The van der Waals surface area contributed by atoms with Crippen LogP contribution in [0.5, 0.6) is 0 Å². The largest absolute Gasteiger partial charge is 0.465 e. The number of carbonyl (C=O) groups excluding carboxylic acids is 2. The van der Waals surface area contributed by atoms with Crippen molar-refractivity contribution in [1.29, 1.82) is 0 Å². The first-order chi connectivity index (χ1) is 15.2. The molecular formula is C22H23ClF3N3O3. The molecule has 0 atom stereocenters. The molecule has 1 aromatic heterocycles. The minimum Gasteiger partial charge on any atom is -0.465 e. The predicted molar refractivity (Wildman–Crippen MR) is 114 cm³/mol. The number of halogens is 4. The number of esters is 1. The number of benzene rings is 1. The Morgan fingerprint density at radius 1 is 1.16 bits per heavy atom. The van der Waals surface area contributed by atoms with E-state index in [4.69, 9.17) is 11.6 Å². The zero-order valence-corrected chi connectivity index (χ0v) is 18.1. The lowest BCUT2D eigenvalue weighted by Gasteiger charge is -2.29. The van der Waals surface area contributed by atoms with Crippen molar-refractivity contribution in [2.24, 2.45) is 5.92 Å². The molecule has 1 saturated carbocycles. The molecule has 2 N–H and O–H groups in total. The highest BCUT2D eigenvalue weighted by molar-refractivity contribution is 6.33. The second-order valence-electron chi connectivity index (χ2n) is 7.69. The third-order valence-corrected chi connectivity index (χ3v) is 5.81. The van der Waals surface area contributed by atoms with Gasteiger partial charge in [0.25, 0.3) is 5.91 Å². The summed E-state index contributed by atoms with van der Waals surface area (Å²) in [5.41, 5.74) is -0.711. The van der Waals surface area contributed by atoms with Gasteiger partial charge in [0.05, 0.1) is 28.8 Å². The highest BCUT2D eigenvalue weighted by atomic mass is 35.5. The molecule has 32 heavy (non-hydrogen) atoms. The van der Waals surface area contributed by atoms with Crippen LogP contribution in [0.2, 0.25) is 5.02 Å². The zero-order valence-electron chi connectivity index (χ0n) is 17.3. The Morgan fingerprint density at radius 2 is 1.88 bits per heavy atom. The van der Waals surface area contributed by atoms with E-state index < -0.39 is 23.6 Å². The number of rotatable bonds is 6. The summed E-state index contributed by atoms with van der Waals surface area (Å²) in [4.78, 5) is 28.1. The Labute approximate surface area is 188 Å². The van der Waals surface area contributed by atoms with Crippen LogP contribution in [-0.4, -0.2) is 36.6 Å². The van der Waals surface area contributed by atoms with Gasteiger partial charge in [-0.15, -0.1) is 0 Å². The molecular weight excluding hydrogens is 447 g/mol. The fourth-order valence-corrected chi connectivity index (χ4v) is 3.84. The van der Waals surface area contributed by atoms with Crippen LogP contribution in [0.4, 0.5) is 19.0 Å². The average Bonchev–Trinajstić information content (AvgIpc) is 2.78. The number of anilines is 1. The molecule has 1 aliphatic rings. The van der Waals surface area contributed by atoms with E-state index >= 15 is 0 Å². The number of pyridine rings is 1. The van der Waals surface area contributed by atoms with Gasteiger partial charge in [0, 0.05) is 18.8 Å². The summed E-state index contributed by atoms with van der Waals surface area (Å²) in [5.74, 6) is -0.0388. The molecule has 1 heterocycles. The van der Waals surface area contributed by atoms with E-state index in [2.05, 4.69) is 20.4 Å². The van der Waals surface area contributed by atoms with Crippen molar-refractivity contribution in [1.82, 2.24) is 10.3 Å². The number of hydrogen-bond acceptors (Lipinski definition) is 5. The molecule has 0 aliphatic heterocycles. The van der Waals surface area contributed by atoms with Crippen LogP contribution in [0.1, 0.15) is 52.0 Å². The summed E-state index contributed by atoms with van der Waals surface area (Å²) < 4.78 is 43.4. The number of ether oxygens (including phenoxy) is 1. The van der Waals surface area contributed by atoms with Crippen LogP contribution in [0, 0.1) is 5.92 Å². The highest BCUT2D eigenvalue weighted by Gasteiger charge is 2.32. The maximum atomic E-state index is 12.9. The van der Waals surface area contributed by atoms with Crippen LogP contribution >= 0.6 is 11.6 Å². The molecule has 1 aliphatic carbocycles. The van der Waals surface area contributed by atoms with Crippen molar-refractivity contribution in [2.75, 3.05) is 19.0 Å². The third-order valence-electron chi connectivity index (χ3n) is 5.48. The Morgan fingerprint density at radius 3 is 2.47 bits per heavy atom. The Hall–Kier alpha value is -2.81. The van der Waals surface area contributed by atoms with Crippen LogP contribution in [0.25, 0.3) is 0 Å². The van der Waals surface area contributed by atoms with Gasteiger partial charge in [-0.2, -0.15) is 13.2 Å². The lowest BCUT2D eigenvalue weighted by atomic mass is 9.86. The van der Waals surface area contributed by atoms with Crippen LogP contribution in [-0.2, 0) is 10.9 Å². The summed E-state index contributed by atoms with van der Waals surface area (Å²) in [6, 6.07) is 5.94. The van der Waals surface area contributed by atoms with E-state index in [1.54, 1.807) is 12.1 Å². The summed E-state index contributed by atoms with van der Waals surface area (Å²) in [6.45, 7) is 0.685. The smallest absolute Gasteiger partial charge is 0.416 e. The van der Waals surface area contributed by atoms with Gasteiger partial charge in [0.2, 0.25) is 0 Å². The van der Waals surface area contributed by atoms with Crippen molar-refractivity contribution in [2.45, 2.75) is 37.9 Å². The first-order valence-corrected chi connectivity index (χ1v) is 10.5. The molecule has 6 nitrogen and oxygen atoms in total. The number of aromatic nitrogens is 1. The second kappa shape index (κ2) is 10.2. The van der Waals surface area contributed by atoms with E-state index in [0.29, 0.717) is 36.7 Å². The average molecular weight is 470 g/mol. The van der Waals surface area contributed by atoms with E-state index in [1.807, 2.05) is 0 Å². The molecule has 1 amide bonds. The fourth-order valence-electron chi connectivity index (χ4n) is 3.64. The van der Waals surface area contributed by atoms with Gasteiger partial charge in [0.15, 0.2) is 0 Å². The molecule has 2 aromatic rings. The first-order valence-electron chi connectivity index (χ1n) is 10.1. The Kier molecular flexibility index (Phi) is 7.60. The number of nitrogens with one attached hydrogen (secondary N) is 2. The molecule has 1 aromatic carbocycles. The molecule has 1 fully saturated rings. The molecule has 172 valence electrons. The van der Waals surface area contributed by atoms with Crippen LogP contribution in [0.15, 0.2) is 36.5 Å². The maximum Gasteiger partial charge on any atom is 0.416 e. The SMILES string of the molecule is COC(=O)c1ccc(NC[C@H]2CC[C@H](NC(=O)c3cc(C(F)(F)F)ccc3Cl)CC2)nc1. The Balaban J connectivity index is 1.48. The van der Waals surface area contributed by atoms with E-state index in [9.17, 15) is 22.8 Å². The zero-order chi connectivity index (χ0) is 23.3. The molecule has 10 heteroatoms. The van der Waals surface area contributed by atoms with Crippen LogP contribution in [0.3, 0.4) is 0 Å². The van der Waals surface area contributed by atoms with Crippen molar-refractivity contribution < 1.29 is 27.5 Å². The standard InChI is InChI=1S/C22H23ClF3N3O3/c1-32-21(31)14-4-9-19(28-12-14)27-11-13-2-6-16(7-3-13)29-20(30)17-10-15(22(24,25)26)5-8-18(17)23/h4-5,8-10,12-13,16H,2-3,6-7,11H2,1H3,(H,27,28)(H,29,30)/t13-,16-. The van der Waals surface area contributed by atoms with Gasteiger partial charge < -0.3 is 15.4 Å². The van der Waals surface area contributed by atoms with E-state index in [-0.39, 0.29) is 16.6 Å². The molecule has 3 rings (SSSR count). The van der Waals surface area contributed by atoms with Crippen molar-refractivity contribution in [3.63, 3.8) is 0 Å². The van der Waals surface area contributed by atoms with Gasteiger partial charge in [-0.1, -0.05) is 11.6 Å². The molecule has 0 spiro atoms. The van der Waals surface area contributed by atoms with Gasteiger partial charge in [0.1, 0.15) is 5.82 Å². The molecule has 0 unspecified atom stereocenters. The van der Waals surface area contributed by atoms with Crippen molar-refractivity contribution in [3.8, 4) is 0 Å². The Bertz CT molecular complexity index is 959. The lowest BCUT2D eigenvalue weighted by molar-refractivity contribution is -0.137. The van der Waals surface area contributed by atoms with Gasteiger partial charge in [-0.3, -0.25) is 4.79 Å². The monoisotopic (exact) mass is 469 g/mol. The molecule has 0 saturated heterocycles. The molecule has 0 bridgehead atoms. The summed E-state index contributed by atoms with van der Waals surface area (Å²) in [6.07, 6.45) is 0.00839. The van der Waals surface area contributed by atoms with Gasteiger partial charge >= 0.3 is 12.1 Å². The minimum absolute atomic E-state index is 0.0147. The first kappa shape index (κ1) is 23.8. The lowest BCUT2D eigenvalue weighted by Crippen LogP contribution is -2.38.